The molecular weight excluding hydrogens is 432 g/mol. The molecule has 0 aliphatic carbocycles. The number of hydrogen-bond acceptors (Lipinski definition) is 5. The minimum absolute atomic E-state index is 0.292. The third kappa shape index (κ3) is 5.70. The van der Waals surface area contributed by atoms with Gasteiger partial charge in [-0.25, -0.2) is 0 Å². The van der Waals surface area contributed by atoms with Gasteiger partial charge in [-0.3, -0.25) is 9.59 Å². The first-order valence-corrected chi connectivity index (χ1v) is 10.1. The lowest BCUT2D eigenvalue weighted by molar-refractivity contribution is -0.122. The molecule has 0 aromatic heterocycles. The number of hydrogen-bond donors (Lipinski definition) is 2. The molecule has 32 heavy (non-hydrogen) atoms. The van der Waals surface area contributed by atoms with Crippen LogP contribution in [0.2, 0.25) is 5.02 Å². The van der Waals surface area contributed by atoms with E-state index in [9.17, 15) is 9.59 Å². The van der Waals surface area contributed by atoms with Crippen LogP contribution in [0.5, 0.6) is 17.2 Å². The molecule has 0 fully saturated rings. The van der Waals surface area contributed by atoms with Gasteiger partial charge in [0.05, 0.1) is 25.6 Å². The second kappa shape index (κ2) is 10.5. The van der Waals surface area contributed by atoms with Crippen molar-refractivity contribution in [2.24, 2.45) is 0 Å². The molecule has 0 heterocycles. The number of benzene rings is 3. The fourth-order valence-corrected chi connectivity index (χ4v) is 3.07. The summed E-state index contributed by atoms with van der Waals surface area (Å²) < 4.78 is 16.2. The summed E-state index contributed by atoms with van der Waals surface area (Å²) in [5.74, 6) is 0.834. The van der Waals surface area contributed by atoms with Gasteiger partial charge in [-0.1, -0.05) is 23.7 Å². The zero-order valence-corrected chi connectivity index (χ0v) is 18.6. The monoisotopic (exact) mass is 454 g/mol. The van der Waals surface area contributed by atoms with Gasteiger partial charge >= 0.3 is 0 Å². The van der Waals surface area contributed by atoms with Gasteiger partial charge in [-0.2, -0.15) is 0 Å². The molecule has 3 rings (SSSR count). The van der Waals surface area contributed by atoms with Gasteiger partial charge in [0.15, 0.2) is 6.10 Å². The van der Waals surface area contributed by atoms with E-state index in [0.717, 1.165) is 0 Å². The quantitative estimate of drug-likeness (QED) is 0.499. The molecule has 0 bridgehead atoms. The van der Waals surface area contributed by atoms with Crippen molar-refractivity contribution >= 4 is 34.8 Å². The van der Waals surface area contributed by atoms with Gasteiger partial charge in [0.25, 0.3) is 11.8 Å². The van der Waals surface area contributed by atoms with E-state index >= 15 is 0 Å². The molecule has 3 aromatic rings. The summed E-state index contributed by atoms with van der Waals surface area (Å²) >= 11 is 6.00. The predicted molar refractivity (Wildman–Crippen MR) is 124 cm³/mol. The topological polar surface area (TPSA) is 85.9 Å². The number of nitrogens with one attached hydrogen (secondary N) is 2. The van der Waals surface area contributed by atoms with Crippen LogP contribution in [-0.4, -0.2) is 32.1 Å². The molecule has 1 atom stereocenters. The van der Waals surface area contributed by atoms with Crippen LogP contribution in [-0.2, 0) is 4.79 Å². The van der Waals surface area contributed by atoms with Crippen LogP contribution >= 0.6 is 11.6 Å². The Kier molecular flexibility index (Phi) is 7.57. The Labute approximate surface area is 191 Å². The Morgan fingerprint density at radius 3 is 2.19 bits per heavy atom. The van der Waals surface area contributed by atoms with E-state index < -0.39 is 6.10 Å². The molecule has 0 radical (unpaired) electrons. The van der Waals surface area contributed by atoms with E-state index in [1.807, 2.05) is 6.07 Å². The SMILES string of the molecule is COc1ccccc1NC(=O)c1ccc(OC(C)C(=O)Nc2cc(Cl)ccc2OC)cc1. The van der Waals surface area contributed by atoms with E-state index in [-0.39, 0.29) is 11.8 Å². The Morgan fingerprint density at radius 1 is 0.844 bits per heavy atom. The summed E-state index contributed by atoms with van der Waals surface area (Å²) in [6.45, 7) is 1.62. The molecular formula is C24H23ClN2O5. The van der Waals surface area contributed by atoms with Crippen LogP contribution in [0.4, 0.5) is 11.4 Å². The standard InChI is InChI=1S/C24H23ClN2O5/c1-15(23(28)27-20-14-17(25)10-13-22(20)31-3)32-18-11-8-16(9-12-18)24(29)26-19-6-4-5-7-21(19)30-2/h4-15H,1-3H3,(H,26,29)(H,27,28). The summed E-state index contributed by atoms with van der Waals surface area (Å²) in [4.78, 5) is 25.0. The molecule has 8 heteroatoms. The lowest BCUT2D eigenvalue weighted by Crippen LogP contribution is -2.30. The van der Waals surface area contributed by atoms with Gasteiger partial charge in [-0.15, -0.1) is 0 Å². The van der Waals surface area contributed by atoms with Gasteiger partial charge in [0, 0.05) is 10.6 Å². The molecule has 0 spiro atoms. The zero-order chi connectivity index (χ0) is 23.1. The molecule has 0 saturated carbocycles. The average Bonchev–Trinajstić information content (AvgIpc) is 2.80. The van der Waals surface area contributed by atoms with Crippen LogP contribution in [0.15, 0.2) is 66.7 Å². The largest absolute Gasteiger partial charge is 0.495 e. The van der Waals surface area contributed by atoms with Crippen molar-refractivity contribution in [3.05, 3.63) is 77.3 Å². The lowest BCUT2D eigenvalue weighted by atomic mass is 10.2. The number of amides is 2. The molecule has 166 valence electrons. The van der Waals surface area contributed by atoms with Crippen molar-refractivity contribution in [2.45, 2.75) is 13.0 Å². The van der Waals surface area contributed by atoms with Crippen molar-refractivity contribution in [1.82, 2.24) is 0 Å². The minimum atomic E-state index is -0.799. The molecule has 3 aromatic carbocycles. The van der Waals surface area contributed by atoms with Gasteiger partial charge in [0.1, 0.15) is 17.2 Å². The Bertz CT molecular complexity index is 1100. The minimum Gasteiger partial charge on any atom is -0.495 e. The number of carbonyl (C=O) groups is 2. The third-order valence-electron chi connectivity index (χ3n) is 4.57. The Balaban J connectivity index is 1.62. The number of ether oxygens (including phenoxy) is 3. The van der Waals surface area contributed by atoms with Crippen LogP contribution in [0.25, 0.3) is 0 Å². The van der Waals surface area contributed by atoms with E-state index in [2.05, 4.69) is 10.6 Å². The first-order chi connectivity index (χ1) is 15.4. The molecule has 0 aliphatic heterocycles. The normalized spacial score (nSPS) is 11.2. The molecule has 2 N–H and O–H groups in total. The number of methoxy groups -OCH3 is 2. The first-order valence-electron chi connectivity index (χ1n) is 9.76. The first kappa shape index (κ1) is 23.0. The van der Waals surface area contributed by atoms with E-state index in [0.29, 0.717) is 39.2 Å². The van der Waals surface area contributed by atoms with Crippen LogP contribution in [0.3, 0.4) is 0 Å². The van der Waals surface area contributed by atoms with Crippen LogP contribution in [0.1, 0.15) is 17.3 Å². The van der Waals surface area contributed by atoms with Crippen molar-refractivity contribution in [2.75, 3.05) is 24.9 Å². The van der Waals surface area contributed by atoms with Gasteiger partial charge < -0.3 is 24.8 Å². The van der Waals surface area contributed by atoms with E-state index in [1.165, 1.54) is 14.2 Å². The summed E-state index contributed by atoms with van der Waals surface area (Å²) in [7, 11) is 3.04. The maximum atomic E-state index is 12.5. The van der Waals surface area contributed by atoms with Gasteiger partial charge in [0.2, 0.25) is 0 Å². The molecule has 0 saturated heterocycles. The van der Waals surface area contributed by atoms with Gasteiger partial charge in [-0.05, 0) is 61.5 Å². The van der Waals surface area contributed by atoms with Crippen LogP contribution in [0, 0.1) is 0 Å². The van der Waals surface area contributed by atoms with E-state index in [1.54, 1.807) is 67.6 Å². The smallest absolute Gasteiger partial charge is 0.265 e. The maximum absolute atomic E-state index is 12.5. The fourth-order valence-electron chi connectivity index (χ4n) is 2.90. The summed E-state index contributed by atoms with van der Waals surface area (Å²) in [6.07, 6.45) is -0.799. The summed E-state index contributed by atoms with van der Waals surface area (Å²) in [6, 6.07) is 18.6. The van der Waals surface area contributed by atoms with Crippen molar-refractivity contribution in [3.8, 4) is 17.2 Å². The number of halogens is 1. The number of anilines is 2. The average molecular weight is 455 g/mol. The molecule has 0 aliphatic rings. The highest BCUT2D eigenvalue weighted by molar-refractivity contribution is 6.31. The fraction of sp³-hybridized carbons (Fsp3) is 0.167. The molecule has 2 amide bonds. The van der Waals surface area contributed by atoms with Crippen molar-refractivity contribution in [1.29, 1.82) is 0 Å². The number of para-hydroxylation sites is 2. The number of rotatable bonds is 8. The Hall–Kier alpha value is -3.71. The van der Waals surface area contributed by atoms with E-state index in [4.69, 9.17) is 25.8 Å². The second-order valence-electron chi connectivity index (χ2n) is 6.77. The highest BCUT2D eigenvalue weighted by Gasteiger charge is 2.17. The second-order valence-corrected chi connectivity index (χ2v) is 7.21. The maximum Gasteiger partial charge on any atom is 0.265 e. The zero-order valence-electron chi connectivity index (χ0n) is 17.8. The molecule has 7 nitrogen and oxygen atoms in total. The summed E-state index contributed by atoms with van der Waals surface area (Å²) in [5.41, 5.74) is 1.45. The number of carbonyl (C=O) groups excluding carboxylic acids is 2. The van der Waals surface area contributed by atoms with Crippen LogP contribution < -0.4 is 24.8 Å². The molecule has 1 unspecified atom stereocenters. The predicted octanol–water partition coefficient (Wildman–Crippen LogP) is 5.02. The Morgan fingerprint density at radius 2 is 1.50 bits per heavy atom. The van der Waals surface area contributed by atoms with Crippen molar-refractivity contribution in [3.63, 3.8) is 0 Å². The lowest BCUT2D eigenvalue weighted by Gasteiger charge is -2.16. The highest BCUT2D eigenvalue weighted by Crippen LogP contribution is 2.28. The third-order valence-corrected chi connectivity index (χ3v) is 4.81. The summed E-state index contributed by atoms with van der Waals surface area (Å²) in [5, 5.41) is 6.02. The highest BCUT2D eigenvalue weighted by atomic mass is 35.5. The van der Waals surface area contributed by atoms with Crippen molar-refractivity contribution < 1.29 is 23.8 Å².